The lowest BCUT2D eigenvalue weighted by molar-refractivity contribution is 0.0688. The van der Waals surface area contributed by atoms with E-state index in [-0.39, 0.29) is 5.91 Å². The largest absolute Gasteiger partial charge is 0.467 e. The van der Waals surface area contributed by atoms with Gasteiger partial charge in [0.05, 0.1) is 12.8 Å². The number of hydrogen-bond acceptors (Lipinski definition) is 3. The Labute approximate surface area is 180 Å². The molecule has 3 aromatic carbocycles. The Kier molecular flexibility index (Phi) is 5.11. The van der Waals surface area contributed by atoms with Crippen molar-refractivity contribution in [2.75, 3.05) is 0 Å². The molecule has 0 saturated carbocycles. The third-order valence-electron chi connectivity index (χ3n) is 5.31. The number of carbonyl (C=O) groups is 1. The van der Waals surface area contributed by atoms with E-state index >= 15 is 0 Å². The summed E-state index contributed by atoms with van der Waals surface area (Å²) in [4.78, 5) is 15.2. The van der Waals surface area contributed by atoms with Gasteiger partial charge in [0.2, 0.25) is 0 Å². The standard InChI is InChI=1S/C27H21NO3/c29-27(26-17-21-11-5-7-15-25(21)31-26)28(19-23-13-8-16-30-23)18-22-12-4-6-14-24(22)20-9-2-1-3-10-20/h1-17H,18-19H2. The van der Waals surface area contributed by atoms with Gasteiger partial charge in [-0.25, -0.2) is 0 Å². The van der Waals surface area contributed by atoms with Crippen molar-refractivity contribution >= 4 is 16.9 Å². The van der Waals surface area contributed by atoms with Crippen LogP contribution in [0.3, 0.4) is 0 Å². The van der Waals surface area contributed by atoms with Crippen LogP contribution >= 0.6 is 0 Å². The molecule has 0 atom stereocenters. The van der Waals surface area contributed by atoms with Gasteiger partial charge >= 0.3 is 0 Å². The first-order valence-corrected chi connectivity index (χ1v) is 10.2. The highest BCUT2D eigenvalue weighted by atomic mass is 16.3. The zero-order valence-electron chi connectivity index (χ0n) is 16.9. The molecule has 0 aliphatic rings. The van der Waals surface area contributed by atoms with E-state index in [0.717, 1.165) is 27.8 Å². The molecule has 0 unspecified atom stereocenters. The normalized spacial score (nSPS) is 11.0. The summed E-state index contributed by atoms with van der Waals surface area (Å²) in [6.45, 7) is 0.785. The second kappa shape index (κ2) is 8.36. The first kappa shape index (κ1) is 18.9. The van der Waals surface area contributed by atoms with Crippen molar-refractivity contribution in [2.24, 2.45) is 0 Å². The molecule has 31 heavy (non-hydrogen) atoms. The lowest BCUT2D eigenvalue weighted by Gasteiger charge is -2.22. The minimum atomic E-state index is -0.171. The summed E-state index contributed by atoms with van der Waals surface area (Å²) in [5.74, 6) is 0.877. The van der Waals surface area contributed by atoms with Crippen molar-refractivity contribution in [3.05, 3.63) is 120 Å². The van der Waals surface area contributed by atoms with Gasteiger partial charge in [-0.2, -0.15) is 0 Å². The van der Waals surface area contributed by atoms with Crippen molar-refractivity contribution < 1.29 is 13.6 Å². The number of carbonyl (C=O) groups excluding carboxylic acids is 1. The molecule has 0 aliphatic carbocycles. The fourth-order valence-electron chi connectivity index (χ4n) is 3.80. The van der Waals surface area contributed by atoms with Gasteiger partial charge in [-0.15, -0.1) is 0 Å². The maximum absolute atomic E-state index is 13.5. The molecule has 2 aromatic heterocycles. The van der Waals surface area contributed by atoms with Crippen molar-refractivity contribution in [3.8, 4) is 11.1 Å². The fourth-order valence-corrected chi connectivity index (χ4v) is 3.80. The topological polar surface area (TPSA) is 46.6 Å². The number of amides is 1. The second-order valence-corrected chi connectivity index (χ2v) is 7.41. The van der Waals surface area contributed by atoms with Crippen LogP contribution in [0.25, 0.3) is 22.1 Å². The molecule has 5 rings (SSSR count). The van der Waals surface area contributed by atoms with Gasteiger partial charge in [-0.1, -0.05) is 72.8 Å². The molecule has 0 radical (unpaired) electrons. The van der Waals surface area contributed by atoms with Crippen LogP contribution in [-0.4, -0.2) is 10.8 Å². The first-order chi connectivity index (χ1) is 15.3. The lowest BCUT2D eigenvalue weighted by atomic mass is 9.99. The highest BCUT2D eigenvalue weighted by Crippen LogP contribution is 2.27. The molecule has 1 amide bonds. The zero-order valence-corrected chi connectivity index (χ0v) is 16.9. The molecule has 0 aliphatic heterocycles. The van der Waals surface area contributed by atoms with E-state index in [1.807, 2.05) is 66.7 Å². The van der Waals surface area contributed by atoms with E-state index in [9.17, 15) is 4.79 Å². The Morgan fingerprint density at radius 1 is 0.774 bits per heavy atom. The molecule has 0 bridgehead atoms. The fraction of sp³-hybridized carbons (Fsp3) is 0.0741. The summed E-state index contributed by atoms with van der Waals surface area (Å²) in [5.41, 5.74) is 3.98. The zero-order chi connectivity index (χ0) is 21.0. The SMILES string of the molecule is O=C(c1cc2ccccc2o1)N(Cc1ccco1)Cc1ccccc1-c1ccccc1. The number of fused-ring (bicyclic) bond motifs is 1. The van der Waals surface area contributed by atoms with Crippen LogP contribution in [0.4, 0.5) is 0 Å². The minimum absolute atomic E-state index is 0.171. The number of furan rings is 2. The summed E-state index contributed by atoms with van der Waals surface area (Å²) >= 11 is 0. The molecule has 152 valence electrons. The van der Waals surface area contributed by atoms with E-state index in [2.05, 4.69) is 24.3 Å². The number of rotatable bonds is 6. The molecule has 0 spiro atoms. The summed E-state index contributed by atoms with van der Waals surface area (Å²) < 4.78 is 11.4. The highest BCUT2D eigenvalue weighted by Gasteiger charge is 2.22. The average Bonchev–Trinajstić information content (AvgIpc) is 3.49. The van der Waals surface area contributed by atoms with Crippen LogP contribution in [0.2, 0.25) is 0 Å². The molecule has 4 heteroatoms. The molecule has 2 heterocycles. The minimum Gasteiger partial charge on any atom is -0.467 e. The number of hydrogen-bond donors (Lipinski definition) is 0. The van der Waals surface area contributed by atoms with Crippen LogP contribution in [0, 0.1) is 0 Å². The van der Waals surface area contributed by atoms with E-state index in [4.69, 9.17) is 8.83 Å². The Morgan fingerprint density at radius 2 is 1.55 bits per heavy atom. The molecule has 5 aromatic rings. The predicted octanol–water partition coefficient (Wildman–Crippen LogP) is 6.54. The Balaban J connectivity index is 1.51. The Bertz CT molecular complexity index is 1270. The summed E-state index contributed by atoms with van der Waals surface area (Å²) in [7, 11) is 0. The second-order valence-electron chi connectivity index (χ2n) is 7.41. The van der Waals surface area contributed by atoms with E-state index in [1.54, 1.807) is 17.2 Å². The van der Waals surface area contributed by atoms with Gasteiger partial charge in [0.15, 0.2) is 5.76 Å². The molecular weight excluding hydrogens is 386 g/mol. The average molecular weight is 407 g/mol. The lowest BCUT2D eigenvalue weighted by Crippen LogP contribution is -2.30. The quantitative estimate of drug-likeness (QED) is 0.321. The Hall–Kier alpha value is -4.05. The van der Waals surface area contributed by atoms with E-state index < -0.39 is 0 Å². The van der Waals surface area contributed by atoms with Crippen LogP contribution < -0.4 is 0 Å². The van der Waals surface area contributed by atoms with Gasteiger partial charge in [0, 0.05) is 11.9 Å². The summed E-state index contributed by atoms with van der Waals surface area (Å²) in [6, 6.07) is 31.5. The van der Waals surface area contributed by atoms with Gasteiger partial charge in [-0.05, 0) is 41.0 Å². The van der Waals surface area contributed by atoms with E-state index in [0.29, 0.717) is 24.4 Å². The van der Waals surface area contributed by atoms with Crippen LogP contribution in [0.1, 0.15) is 21.9 Å². The molecule has 0 fully saturated rings. The third kappa shape index (κ3) is 4.01. The molecule has 0 saturated heterocycles. The van der Waals surface area contributed by atoms with Gasteiger partial charge in [0.25, 0.3) is 5.91 Å². The van der Waals surface area contributed by atoms with Gasteiger partial charge in [-0.3, -0.25) is 4.79 Å². The van der Waals surface area contributed by atoms with Crippen molar-refractivity contribution in [1.29, 1.82) is 0 Å². The molecule has 0 N–H and O–H groups in total. The van der Waals surface area contributed by atoms with E-state index in [1.165, 1.54) is 0 Å². The van der Waals surface area contributed by atoms with Gasteiger partial charge < -0.3 is 13.7 Å². The van der Waals surface area contributed by atoms with Crippen LogP contribution in [0.5, 0.6) is 0 Å². The number of benzene rings is 3. The number of para-hydroxylation sites is 1. The van der Waals surface area contributed by atoms with Crippen molar-refractivity contribution in [3.63, 3.8) is 0 Å². The number of nitrogens with zero attached hydrogens (tertiary/aromatic N) is 1. The first-order valence-electron chi connectivity index (χ1n) is 10.2. The maximum atomic E-state index is 13.5. The third-order valence-corrected chi connectivity index (χ3v) is 5.31. The van der Waals surface area contributed by atoms with Gasteiger partial charge in [0.1, 0.15) is 11.3 Å². The highest BCUT2D eigenvalue weighted by molar-refractivity contribution is 5.96. The summed E-state index contributed by atoms with van der Waals surface area (Å²) in [5, 5.41) is 0.911. The van der Waals surface area contributed by atoms with Crippen molar-refractivity contribution in [1.82, 2.24) is 4.90 Å². The molecule has 4 nitrogen and oxygen atoms in total. The smallest absolute Gasteiger partial charge is 0.290 e. The summed E-state index contributed by atoms with van der Waals surface area (Å²) in [6.07, 6.45) is 1.62. The predicted molar refractivity (Wildman–Crippen MR) is 120 cm³/mol. The molecular formula is C27H21NO3. The van der Waals surface area contributed by atoms with Crippen molar-refractivity contribution in [2.45, 2.75) is 13.1 Å². The maximum Gasteiger partial charge on any atom is 0.290 e. The van der Waals surface area contributed by atoms with Crippen LogP contribution in [0.15, 0.2) is 112 Å². The Morgan fingerprint density at radius 3 is 2.35 bits per heavy atom. The van der Waals surface area contributed by atoms with Crippen LogP contribution in [-0.2, 0) is 13.1 Å². The monoisotopic (exact) mass is 407 g/mol.